The second kappa shape index (κ2) is 5.65. The molecule has 4 heteroatoms. The Labute approximate surface area is 120 Å². The van der Waals surface area contributed by atoms with Crippen molar-refractivity contribution >= 4 is 0 Å². The van der Waals surface area contributed by atoms with Crippen molar-refractivity contribution in [3.8, 4) is 5.75 Å². The fraction of sp³-hybridized carbons (Fsp3) is 0.500. The van der Waals surface area contributed by atoms with E-state index in [4.69, 9.17) is 9.26 Å². The Kier molecular flexibility index (Phi) is 4.12. The molecule has 2 aromatic rings. The van der Waals surface area contributed by atoms with Crippen LogP contribution in [0.15, 0.2) is 28.8 Å². The molecule has 0 fully saturated rings. The minimum atomic E-state index is -0.135. The molecule has 0 saturated carbocycles. The van der Waals surface area contributed by atoms with E-state index in [0.29, 0.717) is 24.2 Å². The molecule has 0 spiro atoms. The molecule has 0 aliphatic heterocycles. The summed E-state index contributed by atoms with van der Waals surface area (Å²) in [6, 6.07) is 8.10. The van der Waals surface area contributed by atoms with Crippen LogP contribution in [0.4, 0.5) is 0 Å². The summed E-state index contributed by atoms with van der Waals surface area (Å²) >= 11 is 0. The van der Waals surface area contributed by atoms with Gasteiger partial charge in [0, 0.05) is 5.41 Å². The second-order valence-corrected chi connectivity index (χ2v) is 6.28. The Hall–Kier alpha value is -1.84. The maximum atomic E-state index is 5.67. The highest BCUT2D eigenvalue weighted by atomic mass is 16.5. The van der Waals surface area contributed by atoms with Gasteiger partial charge in [0.15, 0.2) is 6.61 Å². The fourth-order valence-corrected chi connectivity index (χ4v) is 1.71. The predicted molar refractivity (Wildman–Crippen MR) is 77.9 cm³/mol. The van der Waals surface area contributed by atoms with E-state index in [2.05, 4.69) is 36.1 Å². The molecule has 0 atom stereocenters. The summed E-state index contributed by atoms with van der Waals surface area (Å²) in [5, 5.41) is 3.93. The van der Waals surface area contributed by atoms with E-state index in [1.807, 2.05) is 32.9 Å². The maximum Gasteiger partial charge on any atom is 0.232 e. The Morgan fingerprint density at radius 1 is 1.15 bits per heavy atom. The molecule has 4 nitrogen and oxygen atoms in total. The van der Waals surface area contributed by atoms with Crippen LogP contribution in [-0.4, -0.2) is 10.1 Å². The van der Waals surface area contributed by atoms with Gasteiger partial charge in [0.1, 0.15) is 5.75 Å². The lowest BCUT2D eigenvalue weighted by atomic mass is 9.97. The molecular weight excluding hydrogens is 252 g/mol. The van der Waals surface area contributed by atoms with Crippen LogP contribution in [0.2, 0.25) is 0 Å². The van der Waals surface area contributed by atoms with Crippen LogP contribution < -0.4 is 4.74 Å². The van der Waals surface area contributed by atoms with Crippen LogP contribution in [0.1, 0.15) is 57.8 Å². The first-order chi connectivity index (χ1) is 9.36. The van der Waals surface area contributed by atoms with Gasteiger partial charge in [-0.05, 0) is 23.6 Å². The predicted octanol–water partition coefficient (Wildman–Crippen LogP) is 4.07. The van der Waals surface area contributed by atoms with E-state index in [1.165, 1.54) is 5.56 Å². The zero-order chi connectivity index (χ0) is 14.8. The average molecular weight is 274 g/mol. The van der Waals surface area contributed by atoms with Crippen molar-refractivity contribution in [1.82, 2.24) is 10.1 Å². The molecule has 0 unspecified atom stereocenters. The number of hydrogen-bond acceptors (Lipinski definition) is 4. The monoisotopic (exact) mass is 274 g/mol. The van der Waals surface area contributed by atoms with Crippen LogP contribution >= 0.6 is 0 Å². The van der Waals surface area contributed by atoms with Gasteiger partial charge >= 0.3 is 0 Å². The molecule has 0 bridgehead atoms. The van der Waals surface area contributed by atoms with E-state index in [-0.39, 0.29) is 5.41 Å². The number of ether oxygens (including phenoxy) is 1. The zero-order valence-corrected chi connectivity index (χ0v) is 12.8. The molecule has 0 amide bonds. The van der Waals surface area contributed by atoms with Gasteiger partial charge in [0.05, 0.1) is 0 Å². The standard InChI is InChI=1S/C16H22N2O2/c1-11(2)12-6-8-13(9-7-12)19-10-14-17-15(20-18-14)16(3,4)5/h6-9,11H,10H2,1-5H3. The van der Waals surface area contributed by atoms with Crippen molar-refractivity contribution in [2.24, 2.45) is 0 Å². The number of rotatable bonds is 4. The van der Waals surface area contributed by atoms with Gasteiger partial charge in [0.2, 0.25) is 11.7 Å². The van der Waals surface area contributed by atoms with Crippen molar-refractivity contribution in [2.75, 3.05) is 0 Å². The molecule has 0 radical (unpaired) electrons. The third-order valence-electron chi connectivity index (χ3n) is 3.02. The molecule has 1 aromatic carbocycles. The van der Waals surface area contributed by atoms with Gasteiger partial charge in [-0.15, -0.1) is 0 Å². The molecular formula is C16H22N2O2. The largest absolute Gasteiger partial charge is 0.485 e. The quantitative estimate of drug-likeness (QED) is 0.843. The number of hydrogen-bond donors (Lipinski definition) is 0. The van der Waals surface area contributed by atoms with Gasteiger partial charge in [0.25, 0.3) is 0 Å². The van der Waals surface area contributed by atoms with Gasteiger partial charge in [-0.3, -0.25) is 0 Å². The third kappa shape index (κ3) is 3.59. The Morgan fingerprint density at radius 2 is 1.80 bits per heavy atom. The van der Waals surface area contributed by atoms with Gasteiger partial charge in [-0.2, -0.15) is 4.98 Å². The second-order valence-electron chi connectivity index (χ2n) is 6.28. The summed E-state index contributed by atoms with van der Waals surface area (Å²) in [5.74, 6) is 2.54. The lowest BCUT2D eigenvalue weighted by molar-refractivity contribution is 0.280. The van der Waals surface area contributed by atoms with Crippen molar-refractivity contribution in [2.45, 2.75) is 52.6 Å². The smallest absolute Gasteiger partial charge is 0.232 e. The van der Waals surface area contributed by atoms with E-state index in [9.17, 15) is 0 Å². The number of aromatic nitrogens is 2. The number of nitrogens with zero attached hydrogens (tertiary/aromatic N) is 2. The highest BCUT2D eigenvalue weighted by Crippen LogP contribution is 2.21. The maximum absolute atomic E-state index is 5.67. The highest BCUT2D eigenvalue weighted by Gasteiger charge is 2.21. The van der Waals surface area contributed by atoms with Gasteiger partial charge in [-0.1, -0.05) is 51.9 Å². The first-order valence-electron chi connectivity index (χ1n) is 6.92. The lowest BCUT2D eigenvalue weighted by Crippen LogP contribution is -2.11. The van der Waals surface area contributed by atoms with Gasteiger partial charge < -0.3 is 9.26 Å². The fourth-order valence-electron chi connectivity index (χ4n) is 1.71. The molecule has 0 aliphatic rings. The van der Waals surface area contributed by atoms with Gasteiger partial charge in [-0.25, -0.2) is 0 Å². The molecule has 0 N–H and O–H groups in total. The van der Waals surface area contributed by atoms with Crippen molar-refractivity contribution in [3.63, 3.8) is 0 Å². The van der Waals surface area contributed by atoms with E-state index in [0.717, 1.165) is 5.75 Å². The molecule has 0 saturated heterocycles. The molecule has 1 aromatic heterocycles. The first kappa shape index (κ1) is 14.6. The molecule has 0 aliphatic carbocycles. The van der Waals surface area contributed by atoms with E-state index in [1.54, 1.807) is 0 Å². The molecule has 1 heterocycles. The Balaban J connectivity index is 1.96. The summed E-state index contributed by atoms with van der Waals surface area (Å²) in [6.45, 7) is 10.8. The summed E-state index contributed by atoms with van der Waals surface area (Å²) in [6.07, 6.45) is 0. The summed E-state index contributed by atoms with van der Waals surface area (Å²) in [7, 11) is 0. The van der Waals surface area contributed by atoms with Crippen LogP contribution in [0.25, 0.3) is 0 Å². The van der Waals surface area contributed by atoms with Crippen LogP contribution in [-0.2, 0) is 12.0 Å². The van der Waals surface area contributed by atoms with Crippen molar-refractivity contribution in [1.29, 1.82) is 0 Å². The Bertz CT molecular complexity index is 551. The average Bonchev–Trinajstić information content (AvgIpc) is 2.85. The summed E-state index contributed by atoms with van der Waals surface area (Å²) < 4.78 is 10.9. The Morgan fingerprint density at radius 3 is 2.30 bits per heavy atom. The minimum Gasteiger partial charge on any atom is -0.485 e. The minimum absolute atomic E-state index is 0.135. The molecule has 108 valence electrons. The van der Waals surface area contributed by atoms with Crippen LogP contribution in [0.3, 0.4) is 0 Å². The SMILES string of the molecule is CC(C)c1ccc(OCc2noc(C(C)(C)C)n2)cc1. The van der Waals surface area contributed by atoms with Crippen molar-refractivity contribution in [3.05, 3.63) is 41.5 Å². The first-order valence-corrected chi connectivity index (χ1v) is 6.92. The zero-order valence-electron chi connectivity index (χ0n) is 12.8. The topological polar surface area (TPSA) is 48.2 Å². The summed E-state index contributed by atoms with van der Waals surface area (Å²) in [5.41, 5.74) is 1.16. The normalized spacial score (nSPS) is 11.9. The van der Waals surface area contributed by atoms with Crippen molar-refractivity contribution < 1.29 is 9.26 Å². The highest BCUT2D eigenvalue weighted by molar-refractivity contribution is 5.28. The number of benzene rings is 1. The van der Waals surface area contributed by atoms with Crippen LogP contribution in [0.5, 0.6) is 5.75 Å². The summed E-state index contributed by atoms with van der Waals surface area (Å²) in [4.78, 5) is 4.34. The van der Waals surface area contributed by atoms with E-state index < -0.39 is 0 Å². The van der Waals surface area contributed by atoms with E-state index >= 15 is 0 Å². The van der Waals surface area contributed by atoms with Crippen LogP contribution in [0, 0.1) is 0 Å². The molecule has 2 rings (SSSR count). The molecule has 20 heavy (non-hydrogen) atoms. The third-order valence-corrected chi connectivity index (χ3v) is 3.02. The lowest BCUT2D eigenvalue weighted by Gasteiger charge is -2.10.